The Kier molecular flexibility index (Phi) is 9.77. The first-order valence-electron chi connectivity index (χ1n) is 8.51. The van der Waals surface area contributed by atoms with Crippen molar-refractivity contribution in [3.05, 3.63) is 35.6 Å². The summed E-state index contributed by atoms with van der Waals surface area (Å²) in [6, 6.07) is 6.81. The first kappa shape index (κ1) is 21.7. The smallest absolute Gasteiger partial charge is 0.309 e. The first-order valence-corrected chi connectivity index (χ1v) is 8.51. The summed E-state index contributed by atoms with van der Waals surface area (Å²) in [4.78, 5) is 18.2. The van der Waals surface area contributed by atoms with E-state index < -0.39 is 0 Å². The fourth-order valence-corrected chi connectivity index (χ4v) is 2.93. The summed E-state index contributed by atoms with van der Waals surface area (Å²) >= 11 is 0. The lowest BCUT2D eigenvalue weighted by Gasteiger charge is -2.33. The van der Waals surface area contributed by atoms with E-state index in [9.17, 15) is 9.18 Å². The van der Waals surface area contributed by atoms with E-state index in [1.165, 1.54) is 6.07 Å². The summed E-state index contributed by atoms with van der Waals surface area (Å²) in [6.07, 6.45) is 2.14. The van der Waals surface area contributed by atoms with Crippen LogP contribution in [-0.2, 0) is 16.0 Å². The zero-order valence-electron chi connectivity index (χ0n) is 14.8. The van der Waals surface area contributed by atoms with Crippen molar-refractivity contribution in [2.75, 3.05) is 33.3 Å². The lowest BCUT2D eigenvalue weighted by Crippen LogP contribution is -2.47. The number of nitrogens with zero attached hydrogens (tertiary/aromatic N) is 2. The molecule has 1 fully saturated rings. The predicted octanol–water partition coefficient (Wildman–Crippen LogP) is 2.84. The van der Waals surface area contributed by atoms with Crippen LogP contribution >= 0.6 is 24.0 Å². The van der Waals surface area contributed by atoms with Gasteiger partial charge in [-0.2, -0.15) is 0 Å². The van der Waals surface area contributed by atoms with Crippen molar-refractivity contribution in [1.82, 2.24) is 10.2 Å². The molecule has 5 nitrogen and oxygen atoms in total. The summed E-state index contributed by atoms with van der Waals surface area (Å²) < 4.78 is 18.7. The topological polar surface area (TPSA) is 53.9 Å². The van der Waals surface area contributed by atoms with Crippen LogP contribution in [0.1, 0.15) is 25.3 Å². The molecular formula is C18H27FIN3O2. The van der Waals surface area contributed by atoms with Crippen LogP contribution in [0.2, 0.25) is 0 Å². The molecule has 0 atom stereocenters. The van der Waals surface area contributed by atoms with Crippen molar-refractivity contribution in [2.24, 2.45) is 10.9 Å². The molecule has 0 saturated carbocycles. The van der Waals surface area contributed by atoms with Gasteiger partial charge in [0, 0.05) is 26.7 Å². The van der Waals surface area contributed by atoms with Gasteiger partial charge in [0.05, 0.1) is 12.5 Å². The highest BCUT2D eigenvalue weighted by Crippen LogP contribution is 2.18. The van der Waals surface area contributed by atoms with Gasteiger partial charge in [0.25, 0.3) is 0 Å². The van der Waals surface area contributed by atoms with E-state index in [-0.39, 0.29) is 41.7 Å². The first-order chi connectivity index (χ1) is 11.7. The molecule has 1 heterocycles. The number of esters is 1. The van der Waals surface area contributed by atoms with Crippen molar-refractivity contribution in [1.29, 1.82) is 0 Å². The maximum absolute atomic E-state index is 13.6. The Hall–Kier alpha value is -1.38. The predicted molar refractivity (Wildman–Crippen MR) is 108 cm³/mol. The number of piperidine rings is 1. The van der Waals surface area contributed by atoms with Crippen molar-refractivity contribution < 1.29 is 13.9 Å². The Bertz CT molecular complexity index is 575. The number of rotatable bonds is 5. The van der Waals surface area contributed by atoms with Gasteiger partial charge in [-0.25, -0.2) is 4.39 Å². The molecule has 0 aliphatic carbocycles. The monoisotopic (exact) mass is 463 g/mol. The molecule has 0 unspecified atom stereocenters. The highest BCUT2D eigenvalue weighted by Gasteiger charge is 2.27. The van der Waals surface area contributed by atoms with E-state index in [0.29, 0.717) is 25.1 Å². The van der Waals surface area contributed by atoms with Gasteiger partial charge in [0.15, 0.2) is 5.96 Å². The third kappa shape index (κ3) is 6.45. The summed E-state index contributed by atoms with van der Waals surface area (Å²) in [7, 11) is 1.74. The van der Waals surface area contributed by atoms with Crippen molar-refractivity contribution >= 4 is 35.9 Å². The number of carbonyl (C=O) groups is 1. The molecule has 140 valence electrons. The number of benzene rings is 1. The van der Waals surface area contributed by atoms with Crippen LogP contribution in [-0.4, -0.2) is 50.1 Å². The van der Waals surface area contributed by atoms with Gasteiger partial charge in [-0.1, -0.05) is 18.2 Å². The van der Waals surface area contributed by atoms with Crippen molar-refractivity contribution in [2.45, 2.75) is 26.2 Å². The van der Waals surface area contributed by atoms with Gasteiger partial charge >= 0.3 is 5.97 Å². The van der Waals surface area contributed by atoms with Crippen molar-refractivity contribution in [3.63, 3.8) is 0 Å². The molecule has 0 amide bonds. The van der Waals surface area contributed by atoms with Gasteiger partial charge in [-0.3, -0.25) is 9.79 Å². The zero-order chi connectivity index (χ0) is 17.4. The molecule has 1 aliphatic heterocycles. The molecular weight excluding hydrogens is 436 g/mol. The van der Waals surface area contributed by atoms with Gasteiger partial charge in [0.2, 0.25) is 0 Å². The number of guanidine groups is 1. The second-order valence-electron chi connectivity index (χ2n) is 5.83. The largest absolute Gasteiger partial charge is 0.466 e. The molecule has 0 radical (unpaired) electrons. The standard InChI is InChI=1S/C18H26FN3O2.HI/c1-3-24-17(23)15-9-12-22(13-10-15)18(20-2)21-11-8-14-6-4-5-7-16(14)19;/h4-7,15H,3,8-13H2,1-2H3,(H,20,21);1H. The minimum absolute atomic E-state index is 0. The Morgan fingerprint density at radius 2 is 2.04 bits per heavy atom. The van der Waals surface area contributed by atoms with Gasteiger partial charge in [-0.05, 0) is 37.8 Å². The Labute approximate surface area is 166 Å². The number of carbonyl (C=O) groups excluding carboxylic acids is 1. The minimum atomic E-state index is -0.176. The number of aliphatic imine (C=N–C) groups is 1. The van der Waals surface area contributed by atoms with E-state index in [1.54, 1.807) is 19.2 Å². The summed E-state index contributed by atoms with van der Waals surface area (Å²) in [5.74, 6) is 0.510. The number of nitrogens with one attached hydrogen (secondary N) is 1. The quantitative estimate of drug-likeness (QED) is 0.316. The maximum Gasteiger partial charge on any atom is 0.309 e. The number of hydrogen-bond donors (Lipinski definition) is 1. The Morgan fingerprint density at radius 3 is 2.64 bits per heavy atom. The number of ether oxygens (including phenoxy) is 1. The van der Waals surface area contributed by atoms with Crippen LogP contribution in [0.25, 0.3) is 0 Å². The lowest BCUT2D eigenvalue weighted by molar-refractivity contribution is -0.149. The van der Waals surface area contributed by atoms with Gasteiger partial charge in [0.1, 0.15) is 5.82 Å². The van der Waals surface area contributed by atoms with Crippen LogP contribution in [0.4, 0.5) is 4.39 Å². The van der Waals surface area contributed by atoms with Crippen molar-refractivity contribution in [3.8, 4) is 0 Å². The summed E-state index contributed by atoms with van der Waals surface area (Å²) in [6.45, 7) is 4.41. The summed E-state index contributed by atoms with van der Waals surface area (Å²) in [5, 5.41) is 3.28. The molecule has 0 bridgehead atoms. The molecule has 1 aromatic carbocycles. The van der Waals surface area contributed by atoms with Crippen LogP contribution in [0, 0.1) is 11.7 Å². The summed E-state index contributed by atoms with van der Waals surface area (Å²) in [5.41, 5.74) is 0.696. The molecule has 25 heavy (non-hydrogen) atoms. The molecule has 1 aliphatic rings. The van der Waals surface area contributed by atoms with E-state index in [0.717, 1.165) is 31.9 Å². The minimum Gasteiger partial charge on any atom is -0.466 e. The number of halogens is 2. The third-order valence-electron chi connectivity index (χ3n) is 4.26. The normalized spacial score (nSPS) is 15.5. The van der Waals surface area contributed by atoms with Crippen LogP contribution < -0.4 is 5.32 Å². The van der Waals surface area contributed by atoms with E-state index in [4.69, 9.17) is 4.74 Å². The van der Waals surface area contributed by atoms with E-state index in [1.807, 2.05) is 13.0 Å². The maximum atomic E-state index is 13.6. The molecule has 1 N–H and O–H groups in total. The van der Waals surface area contributed by atoms with Crippen LogP contribution in [0.15, 0.2) is 29.3 Å². The number of likely N-dealkylation sites (tertiary alicyclic amines) is 1. The fraction of sp³-hybridized carbons (Fsp3) is 0.556. The molecule has 7 heteroatoms. The van der Waals surface area contributed by atoms with E-state index in [2.05, 4.69) is 15.2 Å². The zero-order valence-corrected chi connectivity index (χ0v) is 17.2. The highest BCUT2D eigenvalue weighted by molar-refractivity contribution is 14.0. The highest BCUT2D eigenvalue weighted by atomic mass is 127. The SMILES string of the molecule is CCOC(=O)C1CCN(C(=NC)NCCc2ccccc2F)CC1.I. The molecule has 0 aromatic heterocycles. The van der Waals surface area contributed by atoms with Crippen LogP contribution in [0.3, 0.4) is 0 Å². The molecule has 2 rings (SSSR count). The fourth-order valence-electron chi connectivity index (χ4n) is 2.93. The molecule has 0 spiro atoms. The molecule has 1 saturated heterocycles. The lowest BCUT2D eigenvalue weighted by atomic mass is 9.97. The second-order valence-corrected chi connectivity index (χ2v) is 5.83. The average Bonchev–Trinajstić information content (AvgIpc) is 2.61. The second kappa shape index (κ2) is 11.3. The van der Waals surface area contributed by atoms with Gasteiger partial charge in [-0.15, -0.1) is 24.0 Å². The molecule has 1 aromatic rings. The Balaban J connectivity index is 0.00000312. The Morgan fingerprint density at radius 1 is 1.36 bits per heavy atom. The van der Waals surface area contributed by atoms with Gasteiger partial charge < -0.3 is 15.0 Å². The van der Waals surface area contributed by atoms with E-state index >= 15 is 0 Å². The average molecular weight is 463 g/mol. The number of hydrogen-bond acceptors (Lipinski definition) is 3. The third-order valence-corrected chi connectivity index (χ3v) is 4.26. The van der Waals surface area contributed by atoms with Crippen LogP contribution in [0.5, 0.6) is 0 Å².